The quantitative estimate of drug-likeness (QED) is 0.656. The molecule has 0 aliphatic heterocycles. The van der Waals surface area contributed by atoms with Gasteiger partial charge in [0.05, 0.1) is 11.6 Å². The largest absolute Gasteiger partial charge is 0.484 e. The highest BCUT2D eigenvalue weighted by Crippen LogP contribution is 2.22. The minimum Gasteiger partial charge on any atom is -0.484 e. The molecule has 0 radical (unpaired) electrons. The van der Waals surface area contributed by atoms with Gasteiger partial charge in [0.1, 0.15) is 5.75 Å². The molecule has 3 aromatic rings. The summed E-state index contributed by atoms with van der Waals surface area (Å²) in [6.07, 6.45) is 0. The molecule has 130 valence electrons. The topological polar surface area (TPSA) is 53.3 Å². The zero-order valence-electron chi connectivity index (χ0n) is 14.4. The maximum absolute atomic E-state index is 12.2. The maximum Gasteiger partial charge on any atom is 0.260 e. The van der Waals surface area contributed by atoms with Crippen LogP contribution < -0.4 is 4.74 Å². The van der Waals surface area contributed by atoms with Gasteiger partial charge >= 0.3 is 0 Å². The Morgan fingerprint density at radius 1 is 1.08 bits per heavy atom. The van der Waals surface area contributed by atoms with Crippen molar-refractivity contribution in [3.63, 3.8) is 0 Å². The summed E-state index contributed by atoms with van der Waals surface area (Å²) in [6.45, 7) is 0.597. The van der Waals surface area contributed by atoms with Crippen molar-refractivity contribution < 1.29 is 9.53 Å². The average molecular weight is 362 g/mol. The van der Waals surface area contributed by atoms with Gasteiger partial charge in [-0.15, -0.1) is 0 Å². The van der Waals surface area contributed by atoms with E-state index < -0.39 is 0 Å². The number of likely N-dealkylation sites (N-methyl/N-ethyl adjacent to an activating group) is 1. The Bertz CT molecular complexity index is 895. The molecule has 4 nitrogen and oxygen atoms in total. The van der Waals surface area contributed by atoms with E-state index in [1.165, 1.54) is 0 Å². The summed E-state index contributed by atoms with van der Waals surface area (Å²) in [5, 5.41) is 12.9. The highest BCUT2D eigenvalue weighted by molar-refractivity contribution is 7.07. The first-order chi connectivity index (χ1) is 12.7. The van der Waals surface area contributed by atoms with Crippen molar-refractivity contribution in [3.05, 3.63) is 76.5 Å². The van der Waals surface area contributed by atoms with E-state index >= 15 is 0 Å². The molecule has 3 rings (SSSR count). The summed E-state index contributed by atoms with van der Waals surface area (Å²) in [5.41, 5.74) is 3.82. The molecule has 0 aliphatic rings. The molecule has 26 heavy (non-hydrogen) atoms. The minimum atomic E-state index is -0.0626. The van der Waals surface area contributed by atoms with Gasteiger partial charge in [-0.05, 0) is 57.8 Å². The zero-order chi connectivity index (χ0) is 18.4. The van der Waals surface area contributed by atoms with E-state index in [1.807, 2.05) is 53.2 Å². The maximum atomic E-state index is 12.2. The molecular weight excluding hydrogens is 344 g/mol. The van der Waals surface area contributed by atoms with Crippen molar-refractivity contribution in [2.75, 3.05) is 13.7 Å². The Morgan fingerprint density at radius 3 is 2.31 bits per heavy atom. The van der Waals surface area contributed by atoms with E-state index in [4.69, 9.17) is 10.00 Å². The molecule has 0 atom stereocenters. The van der Waals surface area contributed by atoms with Crippen LogP contribution in [0.3, 0.4) is 0 Å². The number of ether oxygens (including phenoxy) is 1. The molecule has 0 aliphatic carbocycles. The summed E-state index contributed by atoms with van der Waals surface area (Å²) < 4.78 is 5.60. The van der Waals surface area contributed by atoms with Crippen LogP contribution in [0.1, 0.15) is 11.1 Å². The van der Waals surface area contributed by atoms with Crippen molar-refractivity contribution >= 4 is 17.2 Å². The fraction of sp³-hybridized carbons (Fsp3) is 0.143. The molecule has 1 heterocycles. The van der Waals surface area contributed by atoms with Crippen LogP contribution in [-0.2, 0) is 11.3 Å². The van der Waals surface area contributed by atoms with Crippen LogP contribution in [0.15, 0.2) is 65.4 Å². The number of nitrogens with zero attached hydrogens (tertiary/aromatic N) is 2. The first-order valence-corrected chi connectivity index (χ1v) is 9.08. The average Bonchev–Trinajstić information content (AvgIpc) is 3.19. The predicted molar refractivity (Wildman–Crippen MR) is 103 cm³/mol. The van der Waals surface area contributed by atoms with Crippen molar-refractivity contribution in [1.29, 1.82) is 5.26 Å². The Hall–Kier alpha value is -3.10. The lowest BCUT2D eigenvalue weighted by Crippen LogP contribution is -2.30. The smallest absolute Gasteiger partial charge is 0.260 e. The highest BCUT2D eigenvalue weighted by atomic mass is 32.1. The number of carbonyl (C=O) groups is 1. The number of benzene rings is 2. The van der Waals surface area contributed by atoms with Crippen LogP contribution in [0, 0.1) is 11.3 Å². The number of carbonyl (C=O) groups excluding carboxylic acids is 1. The Kier molecular flexibility index (Phi) is 5.67. The molecule has 0 saturated carbocycles. The molecule has 5 heteroatoms. The minimum absolute atomic E-state index is 0.0108. The first kappa shape index (κ1) is 17.7. The molecule has 1 aromatic heterocycles. The summed E-state index contributed by atoms with van der Waals surface area (Å²) in [6, 6.07) is 19.1. The highest BCUT2D eigenvalue weighted by Gasteiger charge is 2.10. The van der Waals surface area contributed by atoms with Gasteiger partial charge in [-0.2, -0.15) is 16.6 Å². The molecule has 0 fully saturated rings. The third kappa shape index (κ3) is 4.50. The number of hydrogen-bond donors (Lipinski definition) is 0. The number of rotatable bonds is 6. The van der Waals surface area contributed by atoms with Crippen molar-refractivity contribution in [2.24, 2.45) is 0 Å². The number of nitriles is 1. The van der Waals surface area contributed by atoms with E-state index in [2.05, 4.69) is 6.07 Å². The van der Waals surface area contributed by atoms with Crippen molar-refractivity contribution in [3.8, 4) is 22.9 Å². The fourth-order valence-corrected chi connectivity index (χ4v) is 3.14. The Balaban J connectivity index is 1.55. The molecule has 2 aromatic carbocycles. The molecule has 0 unspecified atom stereocenters. The van der Waals surface area contributed by atoms with Crippen molar-refractivity contribution in [2.45, 2.75) is 6.54 Å². The van der Waals surface area contributed by atoms with Crippen molar-refractivity contribution in [1.82, 2.24) is 4.90 Å². The van der Waals surface area contributed by atoms with Gasteiger partial charge in [-0.3, -0.25) is 4.79 Å². The van der Waals surface area contributed by atoms with Gasteiger partial charge < -0.3 is 9.64 Å². The van der Waals surface area contributed by atoms with E-state index in [1.54, 1.807) is 35.4 Å². The predicted octanol–water partition coefficient (Wildman–Crippen LogP) is 4.32. The monoisotopic (exact) mass is 362 g/mol. The number of thiophene rings is 1. The lowest BCUT2D eigenvalue weighted by atomic mass is 10.0. The zero-order valence-corrected chi connectivity index (χ0v) is 15.2. The third-order valence-corrected chi connectivity index (χ3v) is 4.72. The summed E-state index contributed by atoms with van der Waals surface area (Å²) in [4.78, 5) is 13.8. The summed E-state index contributed by atoms with van der Waals surface area (Å²) in [5.74, 6) is 0.590. The van der Waals surface area contributed by atoms with Gasteiger partial charge in [0.25, 0.3) is 5.91 Å². The van der Waals surface area contributed by atoms with Gasteiger partial charge in [-0.25, -0.2) is 0 Å². The first-order valence-electron chi connectivity index (χ1n) is 8.14. The molecule has 0 N–H and O–H groups in total. The summed E-state index contributed by atoms with van der Waals surface area (Å²) in [7, 11) is 1.78. The van der Waals surface area contributed by atoms with Gasteiger partial charge in [0.2, 0.25) is 0 Å². The third-order valence-electron chi connectivity index (χ3n) is 3.99. The molecule has 1 amide bonds. The normalized spacial score (nSPS) is 10.2. The molecule has 0 bridgehead atoms. The molecular formula is C21H18N2O2S. The van der Waals surface area contributed by atoms with Gasteiger partial charge in [0, 0.05) is 13.6 Å². The molecule has 0 saturated heterocycles. The van der Waals surface area contributed by atoms with E-state index in [0.717, 1.165) is 16.7 Å². The second-order valence-corrected chi connectivity index (χ2v) is 6.66. The van der Waals surface area contributed by atoms with Crippen LogP contribution >= 0.6 is 11.3 Å². The second kappa shape index (κ2) is 8.32. The van der Waals surface area contributed by atoms with E-state index in [-0.39, 0.29) is 12.5 Å². The Morgan fingerprint density at radius 2 is 1.73 bits per heavy atom. The van der Waals surface area contributed by atoms with Crippen LogP contribution in [0.25, 0.3) is 11.1 Å². The van der Waals surface area contributed by atoms with E-state index in [9.17, 15) is 4.79 Å². The molecule has 0 spiro atoms. The van der Waals surface area contributed by atoms with Crippen LogP contribution in [0.4, 0.5) is 0 Å². The Labute approximate surface area is 156 Å². The standard InChI is InChI=1S/C21H18N2O2S/c1-23(13-17-10-11-26-15-17)21(24)14-25-20-8-6-19(7-9-20)18-4-2-16(12-22)3-5-18/h2-11,15H,13-14H2,1H3. The number of amides is 1. The van der Waals surface area contributed by atoms with Crippen LogP contribution in [0.2, 0.25) is 0 Å². The van der Waals surface area contributed by atoms with Crippen LogP contribution in [0.5, 0.6) is 5.75 Å². The SMILES string of the molecule is CN(Cc1ccsc1)C(=O)COc1ccc(-c2ccc(C#N)cc2)cc1. The second-order valence-electron chi connectivity index (χ2n) is 5.88. The lowest BCUT2D eigenvalue weighted by Gasteiger charge is -2.17. The van der Waals surface area contributed by atoms with Gasteiger partial charge in [0.15, 0.2) is 6.61 Å². The number of hydrogen-bond acceptors (Lipinski definition) is 4. The van der Waals surface area contributed by atoms with Gasteiger partial charge in [-0.1, -0.05) is 24.3 Å². The summed E-state index contributed by atoms with van der Waals surface area (Å²) >= 11 is 1.62. The fourth-order valence-electron chi connectivity index (χ4n) is 2.48. The lowest BCUT2D eigenvalue weighted by molar-refractivity contribution is -0.132. The van der Waals surface area contributed by atoms with E-state index in [0.29, 0.717) is 17.9 Å². The van der Waals surface area contributed by atoms with Crippen LogP contribution in [-0.4, -0.2) is 24.5 Å².